The molecule has 0 spiro atoms. The summed E-state index contributed by atoms with van der Waals surface area (Å²) in [6.07, 6.45) is 6.11. The standard InChI is InChI=1S/C38H45N3O3S/c1-6-7-8-9-10-17-24-45(43,44)31-22-23-33-34(27-31)40-41(39-33)35-26-30(37(2,3)28-18-13-11-14-19-28)25-32(36(35)42)38(4,5)29-20-15-12-16-21-29/h11-16,18-23,25-27,42H,6-10,17,24H2,1-5H3. The van der Waals surface area contributed by atoms with Gasteiger partial charge < -0.3 is 5.11 Å². The summed E-state index contributed by atoms with van der Waals surface area (Å²) in [5, 5.41) is 21.3. The van der Waals surface area contributed by atoms with Crippen molar-refractivity contribution in [3.63, 3.8) is 0 Å². The average molecular weight is 624 g/mol. The Balaban J connectivity index is 1.57. The lowest BCUT2D eigenvalue weighted by Crippen LogP contribution is -2.24. The van der Waals surface area contributed by atoms with Crippen molar-refractivity contribution in [2.24, 2.45) is 0 Å². The first-order chi connectivity index (χ1) is 21.4. The first-order valence-corrected chi connectivity index (χ1v) is 17.7. The van der Waals surface area contributed by atoms with Crippen LogP contribution in [0, 0.1) is 0 Å². The van der Waals surface area contributed by atoms with E-state index >= 15 is 0 Å². The number of nitrogens with zero attached hydrogens (tertiary/aromatic N) is 3. The lowest BCUT2D eigenvalue weighted by molar-refractivity contribution is 0.445. The molecular formula is C38H45N3O3S. The predicted molar refractivity (Wildman–Crippen MR) is 183 cm³/mol. The Morgan fingerprint density at radius 3 is 1.89 bits per heavy atom. The normalized spacial score (nSPS) is 12.6. The SMILES string of the molecule is CCCCCCCCS(=O)(=O)c1ccc2nn(-c3cc(C(C)(C)c4ccccc4)cc(C(C)(C)c4ccccc4)c3O)nc2c1. The van der Waals surface area contributed by atoms with Gasteiger partial charge in [0.2, 0.25) is 0 Å². The van der Waals surface area contributed by atoms with E-state index in [9.17, 15) is 13.5 Å². The molecule has 0 saturated heterocycles. The number of fused-ring (bicyclic) bond motifs is 1. The molecule has 0 bridgehead atoms. The van der Waals surface area contributed by atoms with Crippen LogP contribution in [-0.2, 0) is 20.7 Å². The summed E-state index contributed by atoms with van der Waals surface area (Å²) in [6, 6.07) is 29.4. The Kier molecular flexibility index (Phi) is 9.49. The molecule has 0 atom stereocenters. The van der Waals surface area contributed by atoms with Crippen LogP contribution in [0.3, 0.4) is 0 Å². The van der Waals surface area contributed by atoms with Crippen molar-refractivity contribution in [1.29, 1.82) is 0 Å². The van der Waals surface area contributed by atoms with Crippen molar-refractivity contribution in [3.8, 4) is 11.4 Å². The van der Waals surface area contributed by atoms with E-state index < -0.39 is 20.7 Å². The zero-order valence-electron chi connectivity index (χ0n) is 27.1. The fraction of sp³-hybridized carbons (Fsp3) is 0.368. The van der Waals surface area contributed by atoms with Crippen molar-refractivity contribution >= 4 is 20.9 Å². The van der Waals surface area contributed by atoms with E-state index in [0.717, 1.165) is 47.9 Å². The van der Waals surface area contributed by atoms with E-state index in [1.165, 1.54) is 11.2 Å². The molecule has 1 heterocycles. The molecule has 5 rings (SSSR count). The fourth-order valence-corrected chi connectivity index (χ4v) is 7.41. The Bertz CT molecular complexity index is 1860. The summed E-state index contributed by atoms with van der Waals surface area (Å²) in [7, 11) is -3.45. The van der Waals surface area contributed by atoms with E-state index in [-0.39, 0.29) is 16.4 Å². The van der Waals surface area contributed by atoms with Crippen LogP contribution in [0.5, 0.6) is 5.75 Å². The van der Waals surface area contributed by atoms with Gasteiger partial charge in [0.25, 0.3) is 0 Å². The minimum absolute atomic E-state index is 0.0905. The molecule has 0 fully saturated rings. The van der Waals surface area contributed by atoms with Crippen molar-refractivity contribution < 1.29 is 13.5 Å². The van der Waals surface area contributed by atoms with E-state index in [1.54, 1.807) is 18.2 Å². The molecule has 0 unspecified atom stereocenters. The molecule has 7 heteroatoms. The molecule has 0 aliphatic carbocycles. The number of rotatable bonds is 13. The van der Waals surface area contributed by atoms with Gasteiger partial charge in [-0.2, -0.15) is 0 Å². The number of phenolic OH excluding ortho intramolecular Hbond substituents is 1. The molecule has 6 nitrogen and oxygen atoms in total. The highest BCUT2D eigenvalue weighted by Gasteiger charge is 2.33. The molecule has 0 amide bonds. The topological polar surface area (TPSA) is 85.1 Å². The Labute approximate surface area is 268 Å². The van der Waals surface area contributed by atoms with Crippen LogP contribution in [0.4, 0.5) is 0 Å². The maximum Gasteiger partial charge on any atom is 0.178 e. The summed E-state index contributed by atoms with van der Waals surface area (Å²) in [6.45, 7) is 10.7. The van der Waals surface area contributed by atoms with Gasteiger partial charge >= 0.3 is 0 Å². The van der Waals surface area contributed by atoms with Crippen LogP contribution in [0.1, 0.15) is 95.4 Å². The molecule has 4 aromatic carbocycles. The quantitative estimate of drug-likeness (QED) is 0.132. The summed E-state index contributed by atoms with van der Waals surface area (Å²) in [5.74, 6) is 0.210. The maximum absolute atomic E-state index is 13.2. The second kappa shape index (κ2) is 13.2. The third kappa shape index (κ3) is 6.84. The Morgan fingerprint density at radius 1 is 0.667 bits per heavy atom. The molecule has 236 valence electrons. The van der Waals surface area contributed by atoms with Crippen LogP contribution in [-0.4, -0.2) is 34.3 Å². The summed E-state index contributed by atoms with van der Waals surface area (Å²) >= 11 is 0. The highest BCUT2D eigenvalue weighted by Crippen LogP contribution is 2.44. The fourth-order valence-electron chi connectivity index (χ4n) is 6.03. The number of aromatic nitrogens is 3. The maximum atomic E-state index is 13.2. The molecule has 0 radical (unpaired) electrons. The summed E-state index contributed by atoms with van der Waals surface area (Å²) in [5.41, 5.74) is 4.52. The molecule has 1 N–H and O–H groups in total. The predicted octanol–water partition coefficient (Wildman–Crippen LogP) is 8.91. The summed E-state index contributed by atoms with van der Waals surface area (Å²) < 4.78 is 26.4. The molecule has 0 aliphatic rings. The minimum Gasteiger partial charge on any atom is -0.505 e. The smallest absolute Gasteiger partial charge is 0.178 e. The van der Waals surface area contributed by atoms with Gasteiger partial charge in [-0.15, -0.1) is 15.0 Å². The largest absolute Gasteiger partial charge is 0.505 e. The number of benzene rings is 4. The van der Waals surface area contributed by atoms with Gasteiger partial charge in [-0.3, -0.25) is 0 Å². The van der Waals surface area contributed by atoms with Gasteiger partial charge in [-0.05, 0) is 47.4 Å². The van der Waals surface area contributed by atoms with Gasteiger partial charge in [-0.25, -0.2) is 8.42 Å². The van der Waals surface area contributed by atoms with E-state index in [0.29, 0.717) is 23.1 Å². The van der Waals surface area contributed by atoms with Crippen molar-refractivity contribution in [2.45, 2.75) is 88.9 Å². The first-order valence-electron chi connectivity index (χ1n) is 16.0. The van der Waals surface area contributed by atoms with E-state index in [1.807, 2.05) is 42.5 Å². The molecule has 1 aromatic heterocycles. The second-order valence-corrected chi connectivity index (χ2v) is 15.2. The number of phenols is 1. The van der Waals surface area contributed by atoms with Crippen molar-refractivity contribution in [3.05, 3.63) is 113 Å². The van der Waals surface area contributed by atoms with E-state index in [4.69, 9.17) is 10.2 Å². The minimum atomic E-state index is -3.45. The highest BCUT2D eigenvalue weighted by atomic mass is 32.2. The number of unbranched alkanes of at least 4 members (excludes halogenated alkanes) is 5. The molecule has 45 heavy (non-hydrogen) atoms. The monoisotopic (exact) mass is 623 g/mol. The van der Waals surface area contributed by atoms with Gasteiger partial charge in [0.1, 0.15) is 22.5 Å². The first kappa shape index (κ1) is 32.4. The molecular weight excluding hydrogens is 579 g/mol. The van der Waals surface area contributed by atoms with Gasteiger partial charge in [0, 0.05) is 16.4 Å². The van der Waals surface area contributed by atoms with Crippen molar-refractivity contribution in [1.82, 2.24) is 15.0 Å². The number of aromatic hydroxyl groups is 1. The Morgan fingerprint density at radius 2 is 1.24 bits per heavy atom. The van der Waals surface area contributed by atoms with Gasteiger partial charge in [0.05, 0.1) is 10.6 Å². The van der Waals surface area contributed by atoms with Crippen LogP contribution < -0.4 is 0 Å². The van der Waals surface area contributed by atoms with Crippen LogP contribution >= 0.6 is 0 Å². The van der Waals surface area contributed by atoms with E-state index in [2.05, 4.69) is 65.0 Å². The zero-order valence-corrected chi connectivity index (χ0v) is 27.9. The van der Waals surface area contributed by atoms with Crippen LogP contribution in [0.15, 0.2) is 95.9 Å². The number of hydrogen-bond donors (Lipinski definition) is 1. The Hall–Kier alpha value is -3.97. The third-order valence-electron chi connectivity index (χ3n) is 9.17. The second-order valence-electron chi connectivity index (χ2n) is 13.1. The zero-order chi connectivity index (χ0) is 32.2. The van der Waals surface area contributed by atoms with Crippen LogP contribution in [0.2, 0.25) is 0 Å². The molecule has 5 aromatic rings. The number of sulfone groups is 1. The summed E-state index contributed by atoms with van der Waals surface area (Å²) in [4.78, 5) is 1.70. The average Bonchev–Trinajstić information content (AvgIpc) is 3.47. The lowest BCUT2D eigenvalue weighted by Gasteiger charge is -2.32. The van der Waals surface area contributed by atoms with Gasteiger partial charge in [0.15, 0.2) is 9.84 Å². The molecule has 0 aliphatic heterocycles. The highest BCUT2D eigenvalue weighted by molar-refractivity contribution is 7.91. The number of hydrogen-bond acceptors (Lipinski definition) is 5. The van der Waals surface area contributed by atoms with Crippen molar-refractivity contribution in [2.75, 3.05) is 5.75 Å². The third-order valence-corrected chi connectivity index (χ3v) is 11.0. The lowest BCUT2D eigenvalue weighted by atomic mass is 9.72. The molecule has 0 saturated carbocycles. The van der Waals surface area contributed by atoms with Gasteiger partial charge in [-0.1, -0.05) is 133 Å². The van der Waals surface area contributed by atoms with Crippen LogP contribution in [0.25, 0.3) is 16.7 Å².